The fourth-order valence-corrected chi connectivity index (χ4v) is 4.98. The molecule has 1 nitrogen and oxygen atoms in total. The molecule has 0 unspecified atom stereocenters. The van der Waals surface area contributed by atoms with Crippen molar-refractivity contribution in [2.45, 2.75) is 103 Å². The van der Waals surface area contributed by atoms with Gasteiger partial charge in [-0.15, -0.1) is 17.0 Å². The maximum absolute atomic E-state index is 2.30. The number of hydrogen-bond donors (Lipinski definition) is 0. The SMILES string of the molecule is Br.CN(C)CCCCCCCCCCCCCCCC(Cc1ccccc1)Cc1ccccc1. The van der Waals surface area contributed by atoms with E-state index in [1.807, 2.05) is 0 Å². The third-order valence-corrected chi connectivity index (χ3v) is 6.95. The Balaban J connectivity index is 0.00000578. The fourth-order valence-electron chi connectivity index (χ4n) is 4.98. The Morgan fingerprint density at radius 1 is 0.500 bits per heavy atom. The third-order valence-electron chi connectivity index (χ3n) is 6.95. The monoisotopic (exact) mass is 529 g/mol. The lowest BCUT2D eigenvalue weighted by molar-refractivity contribution is 0.389. The summed E-state index contributed by atoms with van der Waals surface area (Å²) in [6, 6.07) is 22.2. The second-order valence-electron chi connectivity index (χ2n) is 10.4. The van der Waals surface area contributed by atoms with Gasteiger partial charge < -0.3 is 4.90 Å². The first-order chi connectivity index (χ1) is 16.2. The van der Waals surface area contributed by atoms with Gasteiger partial charge in [0.05, 0.1) is 0 Å². The molecule has 2 aromatic rings. The van der Waals surface area contributed by atoms with Gasteiger partial charge >= 0.3 is 0 Å². The molecule has 0 radical (unpaired) electrons. The van der Waals surface area contributed by atoms with Crippen molar-refractivity contribution in [2.24, 2.45) is 5.92 Å². The first-order valence-electron chi connectivity index (χ1n) is 14.0. The van der Waals surface area contributed by atoms with Crippen molar-refractivity contribution in [1.29, 1.82) is 0 Å². The standard InChI is InChI=1S/C32H51N.BrH/c1-33(2)27-21-13-11-9-7-5-3-4-6-8-10-12-16-26-32(28-30-22-17-14-18-23-30)29-31-24-19-15-20-25-31;/h14-15,17-20,22-25,32H,3-13,16,21,26-29H2,1-2H3;1H. The van der Waals surface area contributed by atoms with Crippen LogP contribution in [0.2, 0.25) is 0 Å². The minimum absolute atomic E-state index is 0. The van der Waals surface area contributed by atoms with Crippen LogP contribution < -0.4 is 0 Å². The van der Waals surface area contributed by atoms with Crippen LogP contribution in [0, 0.1) is 5.92 Å². The van der Waals surface area contributed by atoms with Crippen LogP contribution in [0.4, 0.5) is 0 Å². The van der Waals surface area contributed by atoms with E-state index in [0.29, 0.717) is 0 Å². The average molecular weight is 531 g/mol. The molecule has 192 valence electrons. The summed E-state index contributed by atoms with van der Waals surface area (Å²) in [6.07, 6.45) is 22.4. The molecule has 0 aliphatic rings. The number of halogens is 1. The van der Waals surface area contributed by atoms with Crippen LogP contribution >= 0.6 is 17.0 Å². The van der Waals surface area contributed by atoms with E-state index in [1.165, 1.54) is 120 Å². The van der Waals surface area contributed by atoms with E-state index >= 15 is 0 Å². The minimum atomic E-state index is 0. The molecule has 0 aromatic heterocycles. The maximum atomic E-state index is 2.30. The van der Waals surface area contributed by atoms with Crippen molar-refractivity contribution in [3.63, 3.8) is 0 Å². The summed E-state index contributed by atoms with van der Waals surface area (Å²) < 4.78 is 0. The fraction of sp³-hybridized carbons (Fsp3) is 0.625. The Morgan fingerprint density at radius 3 is 1.24 bits per heavy atom. The Bertz CT molecular complexity index is 628. The van der Waals surface area contributed by atoms with Gasteiger partial charge in [-0.1, -0.05) is 138 Å². The topological polar surface area (TPSA) is 3.24 Å². The van der Waals surface area contributed by atoms with E-state index in [0.717, 1.165) is 5.92 Å². The van der Waals surface area contributed by atoms with Crippen molar-refractivity contribution in [1.82, 2.24) is 4.90 Å². The van der Waals surface area contributed by atoms with Crippen molar-refractivity contribution in [3.05, 3.63) is 71.8 Å². The summed E-state index contributed by atoms with van der Waals surface area (Å²) in [7, 11) is 4.35. The van der Waals surface area contributed by atoms with Gasteiger partial charge in [-0.3, -0.25) is 0 Å². The van der Waals surface area contributed by atoms with Gasteiger partial charge in [0.2, 0.25) is 0 Å². The molecule has 0 N–H and O–H groups in total. The summed E-state index contributed by atoms with van der Waals surface area (Å²) >= 11 is 0. The highest BCUT2D eigenvalue weighted by Crippen LogP contribution is 2.21. The van der Waals surface area contributed by atoms with Gasteiger partial charge in [0.25, 0.3) is 0 Å². The van der Waals surface area contributed by atoms with Gasteiger partial charge in [0.15, 0.2) is 0 Å². The van der Waals surface area contributed by atoms with E-state index in [2.05, 4.69) is 79.7 Å². The van der Waals surface area contributed by atoms with E-state index in [1.54, 1.807) is 0 Å². The second-order valence-corrected chi connectivity index (χ2v) is 10.4. The molecule has 34 heavy (non-hydrogen) atoms. The Kier molecular flexibility index (Phi) is 19.3. The summed E-state index contributed by atoms with van der Waals surface area (Å²) in [5.74, 6) is 0.762. The van der Waals surface area contributed by atoms with E-state index in [9.17, 15) is 0 Å². The van der Waals surface area contributed by atoms with Crippen LogP contribution in [0.1, 0.15) is 101 Å². The predicted molar refractivity (Wildman–Crippen MR) is 157 cm³/mol. The van der Waals surface area contributed by atoms with Crippen LogP contribution in [0.15, 0.2) is 60.7 Å². The summed E-state index contributed by atoms with van der Waals surface area (Å²) in [4.78, 5) is 2.30. The molecule has 0 spiro atoms. The zero-order valence-corrected chi connectivity index (χ0v) is 23.9. The molecule has 0 amide bonds. The normalized spacial score (nSPS) is 11.2. The quantitative estimate of drug-likeness (QED) is 0.154. The number of rotatable bonds is 20. The summed E-state index contributed by atoms with van der Waals surface area (Å²) in [5, 5.41) is 0. The molecule has 0 bridgehead atoms. The van der Waals surface area contributed by atoms with Crippen LogP contribution in [0.25, 0.3) is 0 Å². The van der Waals surface area contributed by atoms with Crippen molar-refractivity contribution >= 4 is 17.0 Å². The zero-order valence-electron chi connectivity index (χ0n) is 22.2. The number of unbranched alkanes of at least 4 members (excludes halogenated alkanes) is 12. The van der Waals surface area contributed by atoms with Crippen molar-refractivity contribution in [3.8, 4) is 0 Å². The first kappa shape index (κ1) is 30.9. The zero-order chi connectivity index (χ0) is 23.4. The molecular weight excluding hydrogens is 478 g/mol. The highest BCUT2D eigenvalue weighted by Gasteiger charge is 2.11. The van der Waals surface area contributed by atoms with E-state index < -0.39 is 0 Å². The lowest BCUT2D eigenvalue weighted by Gasteiger charge is -2.17. The number of hydrogen-bond acceptors (Lipinski definition) is 1. The van der Waals surface area contributed by atoms with Crippen LogP contribution in [-0.2, 0) is 12.8 Å². The van der Waals surface area contributed by atoms with Gasteiger partial charge in [-0.2, -0.15) is 0 Å². The van der Waals surface area contributed by atoms with Gasteiger partial charge in [0, 0.05) is 0 Å². The Labute approximate surface area is 222 Å². The highest BCUT2D eigenvalue weighted by molar-refractivity contribution is 8.93. The minimum Gasteiger partial charge on any atom is -0.309 e. The maximum Gasteiger partial charge on any atom is -0.00248 e. The van der Waals surface area contributed by atoms with Crippen molar-refractivity contribution < 1.29 is 0 Å². The Hall–Kier alpha value is -1.12. The highest BCUT2D eigenvalue weighted by atomic mass is 79.9. The van der Waals surface area contributed by atoms with Crippen LogP contribution in [0.3, 0.4) is 0 Å². The predicted octanol–water partition coefficient (Wildman–Crippen LogP) is 9.69. The largest absolute Gasteiger partial charge is 0.309 e. The lowest BCUT2D eigenvalue weighted by atomic mass is 9.88. The molecule has 2 heteroatoms. The molecule has 2 aromatic carbocycles. The summed E-state index contributed by atoms with van der Waals surface area (Å²) in [5.41, 5.74) is 2.99. The molecule has 0 saturated carbocycles. The smallest absolute Gasteiger partial charge is 0.00248 e. The molecule has 0 heterocycles. The number of nitrogens with zero attached hydrogens (tertiary/aromatic N) is 1. The first-order valence-corrected chi connectivity index (χ1v) is 14.0. The average Bonchev–Trinajstić information content (AvgIpc) is 2.82. The van der Waals surface area contributed by atoms with Crippen LogP contribution in [0.5, 0.6) is 0 Å². The lowest BCUT2D eigenvalue weighted by Crippen LogP contribution is -2.12. The summed E-state index contributed by atoms with van der Waals surface area (Å²) in [6.45, 7) is 1.25. The molecule has 0 aliphatic carbocycles. The van der Waals surface area contributed by atoms with Gasteiger partial charge in [-0.05, 0) is 63.4 Å². The molecule has 0 fully saturated rings. The second kappa shape index (κ2) is 21.2. The molecule has 0 saturated heterocycles. The van der Waals surface area contributed by atoms with E-state index in [4.69, 9.17) is 0 Å². The van der Waals surface area contributed by atoms with Gasteiger partial charge in [0.1, 0.15) is 0 Å². The van der Waals surface area contributed by atoms with E-state index in [-0.39, 0.29) is 17.0 Å². The number of benzene rings is 2. The molecule has 0 aliphatic heterocycles. The third kappa shape index (κ3) is 16.5. The Morgan fingerprint density at radius 2 is 0.853 bits per heavy atom. The van der Waals surface area contributed by atoms with Crippen molar-refractivity contribution in [2.75, 3.05) is 20.6 Å². The van der Waals surface area contributed by atoms with Gasteiger partial charge in [-0.25, -0.2) is 0 Å². The van der Waals surface area contributed by atoms with Crippen LogP contribution in [-0.4, -0.2) is 25.5 Å². The molecule has 0 atom stereocenters. The molecule has 2 rings (SSSR count). The molecular formula is C32H52BrN.